The minimum absolute atomic E-state index is 0.253. The lowest BCUT2D eigenvalue weighted by molar-refractivity contribution is 0.0748. The maximum absolute atomic E-state index is 13.1. The molecule has 1 unspecified atom stereocenters. The number of hydrogen-bond acceptors (Lipinski definition) is 3. The van der Waals surface area contributed by atoms with Crippen LogP contribution in [0.5, 0.6) is 0 Å². The summed E-state index contributed by atoms with van der Waals surface area (Å²) in [5, 5.41) is 19.9. The molecular weight excluding hydrogens is 269 g/mol. The van der Waals surface area contributed by atoms with Crippen LogP contribution in [0.2, 0.25) is 0 Å². The van der Waals surface area contributed by atoms with Gasteiger partial charge in [-0.25, -0.2) is 4.39 Å². The Bertz CT molecular complexity index is 704. The van der Waals surface area contributed by atoms with Crippen LogP contribution >= 0.6 is 0 Å². The van der Waals surface area contributed by atoms with Crippen LogP contribution in [0.3, 0.4) is 0 Å². The zero-order valence-corrected chi connectivity index (χ0v) is 11.5. The molecule has 0 bridgehead atoms. The fraction of sp³-hybridized carbons (Fsp3) is 0.176. The maximum Gasteiger partial charge on any atom is 0.150 e. The van der Waals surface area contributed by atoms with E-state index in [9.17, 15) is 14.3 Å². The number of halogens is 1. The predicted octanol–water partition coefficient (Wildman–Crippen LogP) is 3.16. The lowest BCUT2D eigenvalue weighted by atomic mass is 9.81. The quantitative estimate of drug-likeness (QED) is 0.877. The number of rotatable bonds is 4. The molecule has 0 aromatic heterocycles. The van der Waals surface area contributed by atoms with Crippen LogP contribution < -0.4 is 0 Å². The second-order valence-corrected chi connectivity index (χ2v) is 4.75. The largest absolute Gasteiger partial charge is 0.380 e. The van der Waals surface area contributed by atoms with Crippen LogP contribution in [0, 0.1) is 17.1 Å². The van der Waals surface area contributed by atoms with Crippen molar-refractivity contribution in [1.82, 2.24) is 0 Å². The molecule has 0 spiro atoms. The van der Waals surface area contributed by atoms with Gasteiger partial charge < -0.3 is 5.11 Å². The molecule has 0 aliphatic carbocycles. The Morgan fingerprint density at radius 3 is 2.48 bits per heavy atom. The molecule has 0 heterocycles. The molecule has 2 aromatic carbocycles. The predicted molar refractivity (Wildman–Crippen MR) is 76.2 cm³/mol. The SMILES string of the molecule is CCC(O)(c1ccc(F)cc1)c1ccc(C#N)cc1C=O. The second kappa shape index (κ2) is 5.86. The average molecular weight is 283 g/mol. The summed E-state index contributed by atoms with van der Waals surface area (Å²) in [6, 6.07) is 12.0. The number of carbonyl (C=O) groups excluding carboxylic acids is 1. The summed E-state index contributed by atoms with van der Waals surface area (Å²) in [5.74, 6) is -0.396. The van der Waals surface area contributed by atoms with Crippen molar-refractivity contribution in [2.75, 3.05) is 0 Å². The van der Waals surface area contributed by atoms with Gasteiger partial charge in [0, 0.05) is 5.56 Å². The lowest BCUT2D eigenvalue weighted by Gasteiger charge is -2.29. The molecule has 0 saturated carbocycles. The third-order valence-electron chi connectivity index (χ3n) is 3.59. The highest BCUT2D eigenvalue weighted by molar-refractivity contribution is 5.79. The molecule has 0 aliphatic heterocycles. The highest BCUT2D eigenvalue weighted by Crippen LogP contribution is 2.34. The maximum atomic E-state index is 13.1. The molecule has 3 nitrogen and oxygen atoms in total. The summed E-state index contributed by atoms with van der Waals surface area (Å²) in [4.78, 5) is 11.3. The molecule has 0 aliphatic rings. The second-order valence-electron chi connectivity index (χ2n) is 4.75. The van der Waals surface area contributed by atoms with Gasteiger partial charge in [-0.05, 0) is 41.8 Å². The van der Waals surface area contributed by atoms with Crippen LogP contribution in [0.15, 0.2) is 42.5 Å². The van der Waals surface area contributed by atoms with E-state index in [1.807, 2.05) is 6.07 Å². The summed E-state index contributed by atoms with van der Waals surface area (Å²) in [6.45, 7) is 1.77. The minimum atomic E-state index is -1.40. The Labute approximate surface area is 122 Å². The van der Waals surface area contributed by atoms with Crippen LogP contribution in [0.25, 0.3) is 0 Å². The number of carbonyl (C=O) groups is 1. The highest BCUT2D eigenvalue weighted by Gasteiger charge is 2.31. The number of aldehydes is 1. The highest BCUT2D eigenvalue weighted by atomic mass is 19.1. The number of nitrogens with zero attached hydrogens (tertiary/aromatic N) is 1. The zero-order chi connectivity index (χ0) is 15.5. The van der Waals surface area contributed by atoms with E-state index in [4.69, 9.17) is 5.26 Å². The van der Waals surface area contributed by atoms with E-state index >= 15 is 0 Å². The summed E-state index contributed by atoms with van der Waals surface area (Å²) >= 11 is 0. The van der Waals surface area contributed by atoms with E-state index in [-0.39, 0.29) is 5.56 Å². The molecular formula is C17H14FNO2. The van der Waals surface area contributed by atoms with Crippen LogP contribution in [-0.2, 0) is 5.60 Å². The van der Waals surface area contributed by atoms with E-state index in [1.54, 1.807) is 19.1 Å². The van der Waals surface area contributed by atoms with Gasteiger partial charge in [0.2, 0.25) is 0 Å². The molecule has 0 saturated heterocycles. The van der Waals surface area contributed by atoms with E-state index in [0.717, 1.165) is 0 Å². The first-order chi connectivity index (χ1) is 10.0. The standard InChI is InChI=1S/C17H14FNO2/c1-2-17(21,14-4-6-15(18)7-5-14)16-8-3-12(10-19)9-13(16)11-20/h3-9,11,21H,2H2,1H3. The molecule has 2 aromatic rings. The Morgan fingerprint density at radius 1 is 1.29 bits per heavy atom. The minimum Gasteiger partial charge on any atom is -0.380 e. The molecule has 4 heteroatoms. The van der Waals surface area contributed by atoms with Gasteiger partial charge in [0.15, 0.2) is 0 Å². The van der Waals surface area contributed by atoms with Gasteiger partial charge in [-0.15, -0.1) is 0 Å². The number of benzene rings is 2. The van der Waals surface area contributed by atoms with E-state index in [1.165, 1.54) is 30.3 Å². The van der Waals surface area contributed by atoms with Gasteiger partial charge in [0.25, 0.3) is 0 Å². The van der Waals surface area contributed by atoms with Gasteiger partial charge in [-0.2, -0.15) is 5.26 Å². The number of aliphatic hydroxyl groups is 1. The van der Waals surface area contributed by atoms with Crippen molar-refractivity contribution in [3.05, 3.63) is 70.5 Å². The molecule has 0 radical (unpaired) electrons. The van der Waals surface area contributed by atoms with Gasteiger partial charge in [0.1, 0.15) is 17.7 Å². The van der Waals surface area contributed by atoms with E-state index in [2.05, 4.69) is 0 Å². The van der Waals surface area contributed by atoms with Crippen LogP contribution in [-0.4, -0.2) is 11.4 Å². The van der Waals surface area contributed by atoms with Crippen molar-refractivity contribution < 1.29 is 14.3 Å². The fourth-order valence-electron chi connectivity index (χ4n) is 2.38. The summed E-state index contributed by atoms with van der Waals surface area (Å²) < 4.78 is 13.1. The molecule has 1 N–H and O–H groups in total. The van der Waals surface area contributed by atoms with Crippen molar-refractivity contribution in [2.45, 2.75) is 18.9 Å². The smallest absolute Gasteiger partial charge is 0.150 e. The van der Waals surface area contributed by atoms with E-state index < -0.39 is 11.4 Å². The lowest BCUT2D eigenvalue weighted by Crippen LogP contribution is -2.28. The molecule has 1 atom stereocenters. The van der Waals surface area contributed by atoms with Crippen molar-refractivity contribution in [3.8, 4) is 6.07 Å². The molecule has 0 fully saturated rings. The first kappa shape index (κ1) is 14.9. The molecule has 21 heavy (non-hydrogen) atoms. The van der Waals surface area contributed by atoms with Crippen LogP contribution in [0.4, 0.5) is 4.39 Å². The molecule has 0 amide bonds. The number of hydrogen-bond donors (Lipinski definition) is 1. The fourth-order valence-corrected chi connectivity index (χ4v) is 2.38. The van der Waals surface area contributed by atoms with Gasteiger partial charge in [-0.3, -0.25) is 4.79 Å². The third kappa shape index (κ3) is 2.69. The normalized spacial score (nSPS) is 13.2. The summed E-state index contributed by atoms with van der Waals surface area (Å²) in [6.07, 6.45) is 0.922. The Hall–Kier alpha value is -2.51. The first-order valence-electron chi connectivity index (χ1n) is 6.53. The topological polar surface area (TPSA) is 61.1 Å². The van der Waals surface area contributed by atoms with Crippen LogP contribution in [0.1, 0.15) is 40.4 Å². The van der Waals surface area contributed by atoms with Crippen molar-refractivity contribution in [1.29, 1.82) is 5.26 Å². The summed E-state index contributed by atoms with van der Waals surface area (Å²) in [5.41, 5.74) is 0.101. The Kier molecular flexibility index (Phi) is 4.15. The van der Waals surface area contributed by atoms with Gasteiger partial charge in [-0.1, -0.05) is 25.1 Å². The molecule has 106 valence electrons. The average Bonchev–Trinajstić information content (AvgIpc) is 2.54. The Balaban J connectivity index is 2.62. The van der Waals surface area contributed by atoms with Gasteiger partial charge in [0.05, 0.1) is 11.6 Å². The zero-order valence-electron chi connectivity index (χ0n) is 11.5. The van der Waals surface area contributed by atoms with Crippen molar-refractivity contribution in [2.24, 2.45) is 0 Å². The van der Waals surface area contributed by atoms with E-state index in [0.29, 0.717) is 29.4 Å². The van der Waals surface area contributed by atoms with Crippen molar-refractivity contribution >= 4 is 6.29 Å². The third-order valence-corrected chi connectivity index (χ3v) is 3.59. The summed E-state index contributed by atoms with van der Waals surface area (Å²) in [7, 11) is 0. The van der Waals surface area contributed by atoms with Crippen molar-refractivity contribution in [3.63, 3.8) is 0 Å². The monoisotopic (exact) mass is 283 g/mol. The Morgan fingerprint density at radius 2 is 1.95 bits per heavy atom. The van der Waals surface area contributed by atoms with Gasteiger partial charge >= 0.3 is 0 Å². The number of nitriles is 1. The first-order valence-corrected chi connectivity index (χ1v) is 6.53. The molecule has 2 rings (SSSR count).